The van der Waals surface area contributed by atoms with Crippen LogP contribution in [0.5, 0.6) is 5.75 Å². The highest BCUT2D eigenvalue weighted by Crippen LogP contribution is 2.35. The van der Waals surface area contributed by atoms with Gasteiger partial charge in [0, 0.05) is 74.0 Å². The van der Waals surface area contributed by atoms with Gasteiger partial charge in [-0.2, -0.15) is 0 Å². The number of allylic oxidation sites excluding steroid dienone is 2. The predicted molar refractivity (Wildman–Crippen MR) is 137 cm³/mol. The molecule has 2 aliphatic rings. The van der Waals surface area contributed by atoms with Gasteiger partial charge in [0.05, 0.1) is 11.4 Å². The third-order valence-electron chi connectivity index (χ3n) is 6.61. The molecule has 0 bridgehead atoms. The lowest BCUT2D eigenvalue weighted by Crippen LogP contribution is -2.40. The van der Waals surface area contributed by atoms with E-state index in [2.05, 4.69) is 10.3 Å². The summed E-state index contributed by atoms with van der Waals surface area (Å²) in [5.74, 6) is 0.652. The van der Waals surface area contributed by atoms with E-state index in [0.717, 1.165) is 49.1 Å². The Morgan fingerprint density at radius 2 is 1.97 bits per heavy atom. The first-order chi connectivity index (χ1) is 17.0. The molecule has 1 saturated heterocycles. The Hall–Kier alpha value is -3.32. The van der Waals surface area contributed by atoms with Crippen LogP contribution in [0, 0.1) is 0 Å². The summed E-state index contributed by atoms with van der Waals surface area (Å²) < 4.78 is 6.40. The van der Waals surface area contributed by atoms with E-state index in [4.69, 9.17) is 22.1 Å². The van der Waals surface area contributed by atoms with Gasteiger partial charge in [-0.15, -0.1) is 0 Å². The summed E-state index contributed by atoms with van der Waals surface area (Å²) in [6.45, 7) is 3.53. The zero-order valence-electron chi connectivity index (χ0n) is 19.9. The van der Waals surface area contributed by atoms with Gasteiger partial charge in [-0.3, -0.25) is 14.6 Å². The first kappa shape index (κ1) is 24.8. The highest BCUT2D eigenvalue weighted by molar-refractivity contribution is 6.30. The Balaban J connectivity index is 1.60. The number of pyridine rings is 1. The summed E-state index contributed by atoms with van der Waals surface area (Å²) in [5, 5.41) is 4.27. The molecule has 1 aliphatic carbocycles. The van der Waals surface area contributed by atoms with Crippen molar-refractivity contribution in [2.24, 2.45) is 5.73 Å². The number of amides is 1. The molecule has 8 heteroatoms. The van der Waals surface area contributed by atoms with Crippen LogP contribution in [-0.4, -0.2) is 41.3 Å². The minimum Gasteiger partial charge on any atom is -0.490 e. The Labute approximate surface area is 211 Å². The van der Waals surface area contributed by atoms with Crippen LogP contribution in [0.1, 0.15) is 55.8 Å². The van der Waals surface area contributed by atoms with E-state index < -0.39 is 0 Å². The fraction of sp³-hybridized carbons (Fsp3) is 0.370. The van der Waals surface area contributed by atoms with Crippen LogP contribution in [0.15, 0.2) is 48.3 Å². The number of piperidine rings is 1. The number of hydrogen-bond donors (Lipinski definition) is 2. The fourth-order valence-electron chi connectivity index (χ4n) is 4.34. The van der Waals surface area contributed by atoms with Crippen molar-refractivity contribution in [3.63, 3.8) is 0 Å². The van der Waals surface area contributed by atoms with Gasteiger partial charge in [-0.05, 0) is 42.5 Å². The molecule has 1 saturated carbocycles. The zero-order chi connectivity index (χ0) is 24.8. The standard InChI is InChI=1S/C27H31ClN4O3/c1-18(34)32-11-9-23(10-12-32)35-26-13-25(30-16-24(26)21(14-29)17-33)27(20-3-2-4-20)31-15-19-5-7-22(28)8-6-19/h5-8,13-14,16-17,23,31H,2-4,9-12,15,29H2,1H3/b21-14+. The normalized spacial score (nSPS) is 16.5. The molecule has 0 radical (unpaired) electrons. The molecule has 2 aromatic rings. The number of halogens is 1. The minimum absolute atomic E-state index is 0.0629. The van der Waals surface area contributed by atoms with Gasteiger partial charge in [0.2, 0.25) is 5.91 Å². The average Bonchev–Trinajstić information content (AvgIpc) is 2.83. The van der Waals surface area contributed by atoms with E-state index in [1.165, 1.54) is 11.8 Å². The molecule has 1 aromatic heterocycles. The fourth-order valence-corrected chi connectivity index (χ4v) is 4.47. The number of hydrogen-bond acceptors (Lipinski definition) is 6. The summed E-state index contributed by atoms with van der Waals surface area (Å²) in [7, 11) is 0. The van der Waals surface area contributed by atoms with Crippen LogP contribution < -0.4 is 15.8 Å². The van der Waals surface area contributed by atoms with E-state index in [9.17, 15) is 9.59 Å². The van der Waals surface area contributed by atoms with Gasteiger partial charge < -0.3 is 20.7 Å². The highest BCUT2D eigenvalue weighted by Gasteiger charge is 2.25. The summed E-state index contributed by atoms with van der Waals surface area (Å²) in [5.41, 5.74) is 10.8. The number of nitrogens with two attached hydrogens (primary N) is 1. The van der Waals surface area contributed by atoms with Crippen molar-refractivity contribution in [1.82, 2.24) is 15.2 Å². The Kier molecular flexibility index (Phi) is 8.08. The molecule has 2 heterocycles. The third-order valence-corrected chi connectivity index (χ3v) is 6.87. The molecule has 0 spiro atoms. The molecular weight excluding hydrogens is 464 g/mol. The second-order valence-corrected chi connectivity index (χ2v) is 9.38. The molecule has 1 amide bonds. The molecule has 1 aliphatic heterocycles. The SMILES string of the molecule is CC(=O)N1CCC(Oc2cc(C(NCc3ccc(Cl)cc3)=C3CCC3)ncc2/C(C=O)=C/N)CC1. The van der Waals surface area contributed by atoms with Crippen LogP contribution in [0.25, 0.3) is 11.3 Å². The number of nitrogens with one attached hydrogen (secondary N) is 1. The van der Waals surface area contributed by atoms with E-state index >= 15 is 0 Å². The summed E-state index contributed by atoms with van der Waals surface area (Å²) >= 11 is 6.03. The van der Waals surface area contributed by atoms with Crippen LogP contribution >= 0.6 is 11.6 Å². The Morgan fingerprint density at radius 1 is 1.26 bits per heavy atom. The maximum Gasteiger partial charge on any atom is 0.219 e. The summed E-state index contributed by atoms with van der Waals surface area (Å²) in [4.78, 5) is 29.9. The Morgan fingerprint density at radius 3 is 2.54 bits per heavy atom. The quantitative estimate of drug-likeness (QED) is 0.419. The van der Waals surface area contributed by atoms with Gasteiger partial charge in [-0.25, -0.2) is 0 Å². The number of nitrogens with zero attached hydrogens (tertiary/aromatic N) is 2. The number of aldehydes is 1. The molecule has 0 unspecified atom stereocenters. The van der Waals surface area contributed by atoms with Crippen molar-refractivity contribution >= 4 is 35.1 Å². The number of likely N-dealkylation sites (tertiary alicyclic amines) is 1. The van der Waals surface area contributed by atoms with Crippen molar-refractivity contribution in [3.8, 4) is 5.75 Å². The number of carbonyl (C=O) groups is 2. The van der Waals surface area contributed by atoms with Crippen molar-refractivity contribution in [3.05, 3.63) is 70.1 Å². The van der Waals surface area contributed by atoms with E-state index in [-0.39, 0.29) is 12.0 Å². The Bertz CT molecular complexity index is 1130. The highest BCUT2D eigenvalue weighted by atomic mass is 35.5. The molecule has 184 valence electrons. The van der Waals surface area contributed by atoms with E-state index in [0.29, 0.717) is 47.8 Å². The number of rotatable bonds is 8. The molecule has 3 N–H and O–H groups in total. The largest absolute Gasteiger partial charge is 0.490 e. The second-order valence-electron chi connectivity index (χ2n) is 8.94. The van der Waals surface area contributed by atoms with Gasteiger partial charge in [-0.1, -0.05) is 23.7 Å². The maximum atomic E-state index is 11.7. The number of aromatic nitrogens is 1. The van der Waals surface area contributed by atoms with Gasteiger partial charge in [0.1, 0.15) is 11.9 Å². The first-order valence-electron chi connectivity index (χ1n) is 12.0. The molecule has 7 nitrogen and oxygen atoms in total. The monoisotopic (exact) mass is 494 g/mol. The van der Waals surface area contributed by atoms with Crippen molar-refractivity contribution in [1.29, 1.82) is 0 Å². The molecule has 1 aromatic carbocycles. The lowest BCUT2D eigenvalue weighted by atomic mass is 9.89. The minimum atomic E-state index is -0.0629. The number of carbonyl (C=O) groups excluding carboxylic acids is 2. The van der Waals surface area contributed by atoms with Gasteiger partial charge in [0.25, 0.3) is 0 Å². The molecule has 4 rings (SSSR count). The predicted octanol–water partition coefficient (Wildman–Crippen LogP) is 4.31. The first-order valence-corrected chi connectivity index (χ1v) is 12.4. The van der Waals surface area contributed by atoms with Crippen LogP contribution in [0.4, 0.5) is 0 Å². The van der Waals surface area contributed by atoms with E-state index in [1.807, 2.05) is 35.2 Å². The zero-order valence-corrected chi connectivity index (χ0v) is 20.7. The number of benzene rings is 1. The van der Waals surface area contributed by atoms with Crippen LogP contribution in [0.2, 0.25) is 5.02 Å². The second kappa shape index (κ2) is 11.4. The van der Waals surface area contributed by atoms with Gasteiger partial charge >= 0.3 is 0 Å². The van der Waals surface area contributed by atoms with Crippen molar-refractivity contribution in [2.75, 3.05) is 13.1 Å². The summed E-state index contributed by atoms with van der Waals surface area (Å²) in [6.07, 6.45) is 8.24. The lowest BCUT2D eigenvalue weighted by molar-refractivity contribution is -0.130. The van der Waals surface area contributed by atoms with Crippen molar-refractivity contribution < 1.29 is 14.3 Å². The lowest BCUT2D eigenvalue weighted by Gasteiger charge is -2.32. The number of ether oxygens (including phenoxy) is 1. The smallest absolute Gasteiger partial charge is 0.219 e. The third kappa shape index (κ3) is 6.03. The average molecular weight is 495 g/mol. The maximum absolute atomic E-state index is 11.7. The molecule has 35 heavy (non-hydrogen) atoms. The molecular formula is C27H31ClN4O3. The van der Waals surface area contributed by atoms with Gasteiger partial charge in [0.15, 0.2) is 6.29 Å². The molecule has 0 atom stereocenters. The topological polar surface area (TPSA) is 97.5 Å². The van der Waals surface area contributed by atoms with Crippen LogP contribution in [-0.2, 0) is 16.1 Å². The molecule has 2 fully saturated rings. The van der Waals surface area contributed by atoms with E-state index in [1.54, 1.807) is 13.1 Å². The summed E-state index contributed by atoms with van der Waals surface area (Å²) in [6, 6.07) is 9.66. The van der Waals surface area contributed by atoms with Crippen molar-refractivity contribution in [2.45, 2.75) is 51.7 Å². The van der Waals surface area contributed by atoms with Crippen LogP contribution in [0.3, 0.4) is 0 Å².